The second kappa shape index (κ2) is 10.1. The Kier molecular flexibility index (Phi) is 6.92. The zero-order chi connectivity index (χ0) is 26.0. The molecule has 2 aromatic rings. The molecule has 1 N–H and O–H groups in total. The molecule has 198 valence electrons. The van der Waals surface area contributed by atoms with E-state index >= 15 is 0 Å². The molecule has 3 aliphatic rings. The summed E-state index contributed by atoms with van der Waals surface area (Å²) in [7, 11) is 0. The quantitative estimate of drug-likeness (QED) is 0.606. The largest absolute Gasteiger partial charge is 0.491 e. The van der Waals surface area contributed by atoms with Gasteiger partial charge in [0.1, 0.15) is 30.3 Å². The third-order valence-corrected chi connectivity index (χ3v) is 7.14. The molecule has 2 heterocycles. The van der Waals surface area contributed by atoms with E-state index in [1.165, 1.54) is 0 Å². The molecule has 0 radical (unpaired) electrons. The number of ether oxygens (including phenoxy) is 4. The van der Waals surface area contributed by atoms with E-state index in [0.29, 0.717) is 13.0 Å². The molecule has 2 amide bonds. The lowest BCUT2D eigenvalue weighted by Gasteiger charge is -2.48. The molecule has 2 fully saturated rings. The summed E-state index contributed by atoms with van der Waals surface area (Å²) in [5.41, 5.74) is 1.64. The second-order valence-corrected chi connectivity index (χ2v) is 11.5. The fourth-order valence-corrected chi connectivity index (χ4v) is 5.40. The zero-order valence-corrected chi connectivity index (χ0v) is 21.8. The third kappa shape index (κ3) is 6.29. The Hall–Kier alpha value is -3.42. The standard InChI is InChI=1S/C29H36N2O6/c1-28(2,3)37-27(33)31-18-29(19-31)12-11-24(15-29)36-23-10-9-21-13-22(17-34-25(21)14-23)30-26(32)35-16-20-7-5-4-6-8-20/h4-10,14,22,24H,11-13,15-19H2,1-3H3,(H,30,32). The van der Waals surface area contributed by atoms with E-state index in [1.54, 1.807) is 4.90 Å². The molecule has 0 aromatic heterocycles. The van der Waals surface area contributed by atoms with Crippen LogP contribution in [0, 0.1) is 5.41 Å². The summed E-state index contributed by atoms with van der Waals surface area (Å²) in [6, 6.07) is 15.4. The van der Waals surface area contributed by atoms with Crippen molar-refractivity contribution >= 4 is 12.2 Å². The van der Waals surface area contributed by atoms with E-state index in [1.807, 2.05) is 69.3 Å². The van der Waals surface area contributed by atoms with Gasteiger partial charge < -0.3 is 29.2 Å². The second-order valence-electron chi connectivity index (χ2n) is 11.5. The number of nitrogens with one attached hydrogen (secondary N) is 1. The van der Waals surface area contributed by atoms with Crippen LogP contribution in [-0.2, 0) is 22.5 Å². The third-order valence-electron chi connectivity index (χ3n) is 7.14. The predicted molar refractivity (Wildman–Crippen MR) is 138 cm³/mol. The highest BCUT2D eigenvalue weighted by atomic mass is 16.6. The Morgan fingerprint density at radius 1 is 1.14 bits per heavy atom. The van der Waals surface area contributed by atoms with Crippen LogP contribution >= 0.6 is 0 Å². The highest BCUT2D eigenvalue weighted by molar-refractivity contribution is 5.69. The van der Waals surface area contributed by atoms with Gasteiger partial charge in [-0.3, -0.25) is 0 Å². The van der Waals surface area contributed by atoms with Gasteiger partial charge >= 0.3 is 12.2 Å². The maximum Gasteiger partial charge on any atom is 0.410 e. The van der Waals surface area contributed by atoms with Gasteiger partial charge in [0.25, 0.3) is 0 Å². The first-order valence-electron chi connectivity index (χ1n) is 13.0. The van der Waals surface area contributed by atoms with Crippen LogP contribution < -0.4 is 14.8 Å². The Balaban J connectivity index is 1.07. The van der Waals surface area contributed by atoms with Crippen molar-refractivity contribution in [3.8, 4) is 11.5 Å². The monoisotopic (exact) mass is 508 g/mol. The molecule has 1 saturated carbocycles. The fourth-order valence-electron chi connectivity index (χ4n) is 5.40. The number of fused-ring (bicyclic) bond motifs is 1. The minimum atomic E-state index is -0.475. The summed E-state index contributed by atoms with van der Waals surface area (Å²) in [6.07, 6.45) is 3.06. The van der Waals surface area contributed by atoms with Crippen LogP contribution in [0.2, 0.25) is 0 Å². The Labute approximate surface area is 218 Å². The minimum Gasteiger partial charge on any atom is -0.491 e. The normalized spacial score (nSPS) is 21.9. The lowest BCUT2D eigenvalue weighted by Crippen LogP contribution is -2.58. The zero-order valence-electron chi connectivity index (χ0n) is 21.8. The summed E-state index contributed by atoms with van der Waals surface area (Å²) < 4.78 is 23.1. The molecule has 1 saturated heterocycles. The lowest BCUT2D eigenvalue weighted by atomic mass is 9.78. The van der Waals surface area contributed by atoms with E-state index in [9.17, 15) is 9.59 Å². The topological polar surface area (TPSA) is 86.3 Å². The molecular weight excluding hydrogens is 472 g/mol. The lowest BCUT2D eigenvalue weighted by molar-refractivity contribution is -0.0350. The molecule has 5 rings (SSSR count). The average Bonchev–Trinajstić information content (AvgIpc) is 3.26. The van der Waals surface area contributed by atoms with Crippen molar-refractivity contribution in [3.63, 3.8) is 0 Å². The maximum absolute atomic E-state index is 12.3. The minimum absolute atomic E-state index is 0.122. The number of likely N-dealkylation sites (tertiary alicyclic amines) is 1. The van der Waals surface area contributed by atoms with Gasteiger partial charge in [-0.25, -0.2) is 9.59 Å². The Bertz CT molecular complexity index is 1120. The number of amides is 2. The number of alkyl carbamates (subject to hydrolysis) is 1. The van der Waals surface area contributed by atoms with Crippen LogP contribution in [-0.4, -0.2) is 54.5 Å². The number of benzene rings is 2. The number of nitrogens with zero attached hydrogens (tertiary/aromatic N) is 1. The van der Waals surface area contributed by atoms with Crippen LogP contribution in [0.15, 0.2) is 48.5 Å². The molecular formula is C29H36N2O6. The SMILES string of the molecule is CC(C)(C)OC(=O)N1CC2(CCC(Oc3ccc4c(c3)OCC(NC(=O)OCc3ccccc3)C4)C2)C1. The predicted octanol–water partition coefficient (Wildman–Crippen LogP) is 5.08. The number of rotatable bonds is 5. The molecule has 1 aliphatic carbocycles. The van der Waals surface area contributed by atoms with Crippen molar-refractivity contribution in [2.75, 3.05) is 19.7 Å². The van der Waals surface area contributed by atoms with E-state index in [4.69, 9.17) is 18.9 Å². The van der Waals surface area contributed by atoms with Crippen LogP contribution in [0.3, 0.4) is 0 Å². The van der Waals surface area contributed by atoms with Crippen molar-refractivity contribution in [1.29, 1.82) is 0 Å². The van der Waals surface area contributed by atoms with Gasteiger partial charge in [-0.2, -0.15) is 0 Å². The van der Waals surface area contributed by atoms with Gasteiger partial charge in [0.2, 0.25) is 0 Å². The molecule has 2 atom stereocenters. The number of carbonyl (C=O) groups excluding carboxylic acids is 2. The fraction of sp³-hybridized carbons (Fsp3) is 0.517. The van der Waals surface area contributed by atoms with Gasteiger partial charge in [0, 0.05) is 24.6 Å². The number of hydrogen-bond donors (Lipinski definition) is 1. The molecule has 2 aliphatic heterocycles. The molecule has 1 spiro atoms. The molecule has 2 aromatic carbocycles. The van der Waals surface area contributed by atoms with Gasteiger partial charge in [-0.15, -0.1) is 0 Å². The summed E-state index contributed by atoms with van der Waals surface area (Å²) in [6.45, 7) is 7.75. The van der Waals surface area contributed by atoms with Crippen LogP contribution in [0.5, 0.6) is 11.5 Å². The average molecular weight is 509 g/mol. The maximum atomic E-state index is 12.3. The van der Waals surface area contributed by atoms with Crippen LogP contribution in [0.25, 0.3) is 0 Å². The summed E-state index contributed by atoms with van der Waals surface area (Å²) in [5, 5.41) is 2.89. The van der Waals surface area contributed by atoms with Crippen molar-refractivity contribution in [1.82, 2.24) is 10.2 Å². The Morgan fingerprint density at radius 3 is 2.68 bits per heavy atom. The van der Waals surface area contributed by atoms with E-state index in [0.717, 1.165) is 55.0 Å². The molecule has 37 heavy (non-hydrogen) atoms. The van der Waals surface area contributed by atoms with Gasteiger partial charge in [0.05, 0.1) is 12.1 Å². The molecule has 8 nitrogen and oxygen atoms in total. The number of hydrogen-bond acceptors (Lipinski definition) is 6. The van der Waals surface area contributed by atoms with Crippen LogP contribution in [0.4, 0.5) is 9.59 Å². The Morgan fingerprint density at radius 2 is 1.92 bits per heavy atom. The van der Waals surface area contributed by atoms with E-state index in [2.05, 4.69) is 5.32 Å². The molecule has 2 unspecified atom stereocenters. The summed E-state index contributed by atoms with van der Waals surface area (Å²) in [5.74, 6) is 1.58. The smallest absolute Gasteiger partial charge is 0.410 e. The summed E-state index contributed by atoms with van der Waals surface area (Å²) in [4.78, 5) is 26.3. The first kappa shape index (κ1) is 25.2. The van der Waals surface area contributed by atoms with Gasteiger partial charge in [0.15, 0.2) is 0 Å². The van der Waals surface area contributed by atoms with Gasteiger partial charge in [-0.1, -0.05) is 36.4 Å². The summed E-state index contributed by atoms with van der Waals surface area (Å²) >= 11 is 0. The van der Waals surface area contributed by atoms with E-state index in [-0.39, 0.29) is 30.3 Å². The highest BCUT2D eigenvalue weighted by Gasteiger charge is 2.51. The first-order chi connectivity index (χ1) is 17.7. The molecule has 0 bridgehead atoms. The van der Waals surface area contributed by atoms with Crippen molar-refractivity contribution in [3.05, 3.63) is 59.7 Å². The number of carbonyl (C=O) groups is 2. The first-order valence-corrected chi connectivity index (χ1v) is 13.0. The van der Waals surface area contributed by atoms with Crippen molar-refractivity contribution < 1.29 is 28.5 Å². The van der Waals surface area contributed by atoms with Gasteiger partial charge in [-0.05, 0) is 63.6 Å². The van der Waals surface area contributed by atoms with Crippen LogP contribution in [0.1, 0.15) is 51.2 Å². The van der Waals surface area contributed by atoms with Crippen molar-refractivity contribution in [2.45, 2.75) is 70.8 Å². The van der Waals surface area contributed by atoms with Crippen molar-refractivity contribution in [2.24, 2.45) is 5.41 Å². The highest BCUT2D eigenvalue weighted by Crippen LogP contribution is 2.47. The molecule has 8 heteroatoms. The van der Waals surface area contributed by atoms with E-state index < -0.39 is 11.7 Å².